The van der Waals surface area contributed by atoms with Crippen LogP contribution in [0.4, 0.5) is 0 Å². The molecule has 0 spiro atoms. The fraction of sp³-hybridized carbons (Fsp3) is 0. The molecule has 0 radical (unpaired) electrons. The summed E-state index contributed by atoms with van der Waals surface area (Å²) in [4.78, 5) is 9.64. The van der Waals surface area contributed by atoms with Crippen molar-refractivity contribution in [3.63, 3.8) is 0 Å². The van der Waals surface area contributed by atoms with Crippen molar-refractivity contribution in [2.24, 2.45) is 0 Å². The van der Waals surface area contributed by atoms with Gasteiger partial charge in [-0.25, -0.2) is 9.97 Å². The maximum Gasteiger partial charge on any atom is 0.246 e. The first-order chi connectivity index (χ1) is 22.1. The van der Waals surface area contributed by atoms with E-state index in [1.165, 1.54) is 0 Å². The second-order valence-electron chi connectivity index (χ2n) is 11.4. The number of nitrogens with zero attached hydrogens (tertiary/aromatic N) is 2. The van der Waals surface area contributed by atoms with Gasteiger partial charge in [0.25, 0.3) is 0 Å². The monoisotopic (exact) mass is 596 g/mol. The first-order valence-electron chi connectivity index (χ1n) is 14.9. The topological polar surface area (TPSA) is 56.0 Å². The van der Waals surface area contributed by atoms with Gasteiger partial charge in [-0.15, -0.1) is 0 Å². The van der Waals surface area contributed by atoms with E-state index in [2.05, 4.69) is 54.6 Å². The molecule has 0 aliphatic rings. The van der Waals surface area contributed by atoms with Gasteiger partial charge in [0, 0.05) is 15.9 Å². The highest BCUT2D eigenvalue weighted by Gasteiger charge is 2.29. The molecule has 0 fully saturated rings. The van der Waals surface area contributed by atoms with Crippen molar-refractivity contribution in [2.75, 3.05) is 0 Å². The quantitative estimate of drug-likeness (QED) is 0.190. The number of hydrogen-bond donors (Lipinski definition) is 0. The van der Waals surface area contributed by atoms with E-state index in [0.29, 0.717) is 5.71 Å². The predicted octanol–water partition coefficient (Wildman–Crippen LogP) is 9.14. The zero-order valence-corrected chi connectivity index (χ0v) is 25.0. The Balaban J connectivity index is 1.14. The summed E-state index contributed by atoms with van der Waals surface area (Å²) in [5.74, 6) is 0. The molecule has 0 unspecified atom stereocenters. The third-order valence-corrected chi connectivity index (χ3v) is 11.8. The van der Waals surface area contributed by atoms with Gasteiger partial charge < -0.3 is 8.98 Å². The lowest BCUT2D eigenvalue weighted by atomic mass is 9.97. The lowest BCUT2D eigenvalue weighted by molar-refractivity contribution is 0.592. The molecule has 45 heavy (non-hydrogen) atoms. The third kappa shape index (κ3) is 4.11. The Morgan fingerprint density at radius 2 is 1.07 bits per heavy atom. The van der Waals surface area contributed by atoms with Gasteiger partial charge in [-0.2, -0.15) is 0 Å². The van der Waals surface area contributed by atoms with Crippen LogP contribution in [0, 0.1) is 0 Å². The fourth-order valence-electron chi connectivity index (χ4n) is 6.47. The van der Waals surface area contributed by atoms with Crippen LogP contribution in [0.15, 0.2) is 156 Å². The fourth-order valence-corrected chi connectivity index (χ4v) is 9.16. The summed E-state index contributed by atoms with van der Waals surface area (Å²) >= 11 is 0. The molecular formula is C40H25N2O2P. The Labute approximate surface area is 259 Å². The van der Waals surface area contributed by atoms with Crippen LogP contribution in [0.5, 0.6) is 0 Å². The van der Waals surface area contributed by atoms with Crippen molar-refractivity contribution >= 4 is 77.8 Å². The van der Waals surface area contributed by atoms with E-state index in [0.717, 1.165) is 76.1 Å². The van der Waals surface area contributed by atoms with E-state index >= 15 is 0 Å². The van der Waals surface area contributed by atoms with Crippen LogP contribution in [0.1, 0.15) is 0 Å². The summed E-state index contributed by atoms with van der Waals surface area (Å²) in [6.45, 7) is 0. The Morgan fingerprint density at radius 1 is 0.489 bits per heavy atom. The molecule has 0 N–H and O–H groups in total. The van der Waals surface area contributed by atoms with Gasteiger partial charge in [0.15, 0.2) is 7.14 Å². The van der Waals surface area contributed by atoms with Crippen molar-refractivity contribution in [1.82, 2.24) is 9.97 Å². The number of para-hydroxylation sites is 2. The first-order valence-corrected chi connectivity index (χ1v) is 16.6. The van der Waals surface area contributed by atoms with E-state index < -0.39 is 7.14 Å². The maximum atomic E-state index is 14.9. The number of furan rings is 1. The molecule has 0 saturated carbocycles. The number of hydrogen-bond acceptors (Lipinski definition) is 4. The highest BCUT2D eigenvalue weighted by Crippen LogP contribution is 2.43. The van der Waals surface area contributed by atoms with Gasteiger partial charge in [-0.3, -0.25) is 0 Å². The average molecular weight is 597 g/mol. The van der Waals surface area contributed by atoms with Crippen molar-refractivity contribution in [1.29, 1.82) is 0 Å². The highest BCUT2D eigenvalue weighted by atomic mass is 31.2. The van der Waals surface area contributed by atoms with E-state index in [1.54, 1.807) is 0 Å². The van der Waals surface area contributed by atoms with Gasteiger partial charge in [-0.05, 0) is 69.1 Å². The molecule has 9 aromatic rings. The molecule has 0 bridgehead atoms. The largest absolute Gasteiger partial charge is 0.436 e. The van der Waals surface area contributed by atoms with Gasteiger partial charge >= 0.3 is 0 Å². The van der Waals surface area contributed by atoms with Crippen molar-refractivity contribution in [3.8, 4) is 11.1 Å². The van der Waals surface area contributed by atoms with E-state index in [1.807, 2.05) is 97.1 Å². The maximum absolute atomic E-state index is 14.9. The Bertz CT molecular complexity index is 2590. The molecule has 212 valence electrons. The van der Waals surface area contributed by atoms with Gasteiger partial charge in [0.05, 0.1) is 16.4 Å². The van der Waals surface area contributed by atoms with Crippen LogP contribution >= 0.6 is 7.14 Å². The summed E-state index contributed by atoms with van der Waals surface area (Å²) in [5, 5.41) is 7.84. The molecule has 0 aliphatic heterocycles. The molecule has 2 heterocycles. The van der Waals surface area contributed by atoms with Crippen LogP contribution in [0.3, 0.4) is 0 Å². The van der Waals surface area contributed by atoms with Crippen molar-refractivity contribution in [3.05, 3.63) is 152 Å². The van der Waals surface area contributed by atoms with Gasteiger partial charge in [0.1, 0.15) is 11.1 Å². The molecule has 9 rings (SSSR count). The summed E-state index contributed by atoms with van der Waals surface area (Å²) in [6.07, 6.45) is 0. The number of fused-ring (bicyclic) bond motifs is 7. The minimum Gasteiger partial charge on any atom is -0.436 e. The number of aromatic nitrogens is 2. The molecule has 7 aromatic carbocycles. The summed E-state index contributed by atoms with van der Waals surface area (Å²) in [7, 11) is -3.04. The second-order valence-corrected chi connectivity index (χ2v) is 14.1. The van der Waals surface area contributed by atoms with Crippen LogP contribution in [-0.4, -0.2) is 9.97 Å². The molecule has 4 nitrogen and oxygen atoms in total. The van der Waals surface area contributed by atoms with Crippen molar-refractivity contribution < 1.29 is 8.98 Å². The van der Waals surface area contributed by atoms with E-state index in [-0.39, 0.29) is 0 Å². The van der Waals surface area contributed by atoms with E-state index in [4.69, 9.17) is 14.4 Å². The zero-order chi connectivity index (χ0) is 30.0. The van der Waals surface area contributed by atoms with Gasteiger partial charge in [-0.1, -0.05) is 115 Å². The molecule has 0 atom stereocenters. The normalized spacial score (nSPS) is 12.1. The smallest absolute Gasteiger partial charge is 0.246 e. The minimum absolute atomic E-state index is 0.554. The SMILES string of the molecule is O=P(c1ccccc1)(c1ccccc1)c1ccc2cc(-c3ccc4c(ccc5oc6nc7ccccc7nc6c54)c3)ccc2c1. The van der Waals surface area contributed by atoms with Crippen LogP contribution in [0.2, 0.25) is 0 Å². The number of benzene rings is 7. The zero-order valence-electron chi connectivity index (χ0n) is 24.1. The Morgan fingerprint density at radius 3 is 1.80 bits per heavy atom. The second kappa shape index (κ2) is 9.99. The number of rotatable bonds is 4. The molecule has 0 saturated heterocycles. The molecule has 0 aliphatic carbocycles. The Kier molecular flexibility index (Phi) is 5.74. The summed E-state index contributed by atoms with van der Waals surface area (Å²) < 4.78 is 21.0. The standard InChI is InChI=1S/C40H25N2O2P/c43-45(31-9-3-1-4-10-31,32-11-5-2-6-12-32)33-20-17-27-23-26(15-16-29(27)25-33)28-18-21-34-30(24-28)19-22-37-38(34)39-40(44-37)42-36-14-8-7-13-35(36)41-39/h1-25H. The average Bonchev–Trinajstić information content (AvgIpc) is 3.48. The molecule has 5 heteroatoms. The highest BCUT2D eigenvalue weighted by molar-refractivity contribution is 7.85. The molecule has 0 amide bonds. The first kappa shape index (κ1) is 25.9. The lowest BCUT2D eigenvalue weighted by Crippen LogP contribution is -2.24. The van der Waals surface area contributed by atoms with E-state index in [9.17, 15) is 4.57 Å². The van der Waals surface area contributed by atoms with Crippen LogP contribution in [0.25, 0.3) is 65.9 Å². The van der Waals surface area contributed by atoms with Gasteiger partial charge in [0.2, 0.25) is 5.71 Å². The van der Waals surface area contributed by atoms with Crippen LogP contribution < -0.4 is 15.9 Å². The Hall–Kier alpha value is -5.57. The van der Waals surface area contributed by atoms with Crippen LogP contribution in [-0.2, 0) is 4.57 Å². The molecule has 2 aromatic heterocycles. The summed E-state index contributed by atoms with van der Waals surface area (Å²) in [6, 6.07) is 50.8. The summed E-state index contributed by atoms with van der Waals surface area (Å²) in [5.41, 5.74) is 6.04. The molecular weight excluding hydrogens is 571 g/mol. The predicted molar refractivity (Wildman–Crippen MR) is 187 cm³/mol. The third-order valence-electron chi connectivity index (χ3n) is 8.72. The lowest BCUT2D eigenvalue weighted by Gasteiger charge is -2.20. The van der Waals surface area contributed by atoms with Crippen molar-refractivity contribution in [2.45, 2.75) is 0 Å². The minimum atomic E-state index is -3.04.